The van der Waals surface area contributed by atoms with E-state index in [0.29, 0.717) is 67.0 Å². The van der Waals surface area contributed by atoms with Gasteiger partial charge in [0.1, 0.15) is 5.78 Å². The maximum Gasteiger partial charge on any atom is 0.306 e. The molecule has 0 saturated heterocycles. The molecule has 6 nitrogen and oxygen atoms in total. The number of carboxylic acids is 1. The summed E-state index contributed by atoms with van der Waals surface area (Å²) in [5, 5.41) is 12.4. The Bertz CT molecular complexity index is 1280. The third-order valence-corrected chi connectivity index (χ3v) is 15.8. The number of ketones is 2. The zero-order chi connectivity index (χ0) is 32.7. The van der Waals surface area contributed by atoms with Crippen molar-refractivity contribution < 1.29 is 24.3 Å². The standard InChI is InChI=1S/C39H59NO5/c1-22(2)33-30(43)20-39(16-17-40-21-41)15-11-28-25(34(33)39)8-9-32-37(28,6)14-12-31-36(4,5)24(10-13-38(31,32)7)18-29(42)26-19-27(23(26)3)35(44)45/h21-28,31-32H,8-20H2,1-7H3,(H,40,41)(H,44,45). The van der Waals surface area contributed by atoms with Gasteiger partial charge in [0, 0.05) is 30.7 Å². The van der Waals surface area contributed by atoms with Crippen molar-refractivity contribution in [2.75, 3.05) is 6.54 Å². The summed E-state index contributed by atoms with van der Waals surface area (Å²) in [5.41, 5.74) is 3.10. The molecule has 1 amide bonds. The lowest BCUT2D eigenvalue weighted by molar-refractivity contribution is -0.193. The van der Waals surface area contributed by atoms with Gasteiger partial charge in [-0.2, -0.15) is 0 Å². The highest BCUT2D eigenvalue weighted by Crippen LogP contribution is 2.73. The van der Waals surface area contributed by atoms with Crippen LogP contribution in [0.5, 0.6) is 0 Å². The lowest BCUT2D eigenvalue weighted by atomic mass is 9.35. The van der Waals surface area contributed by atoms with Crippen molar-refractivity contribution in [3.63, 3.8) is 0 Å². The molecular formula is C39H59NO5. The van der Waals surface area contributed by atoms with E-state index in [1.807, 2.05) is 6.92 Å². The first-order valence-electron chi connectivity index (χ1n) is 18.3. The number of carboxylic acid groups (broad SMARTS) is 1. The molecule has 6 rings (SSSR count). The largest absolute Gasteiger partial charge is 0.481 e. The Kier molecular flexibility index (Phi) is 8.29. The highest BCUT2D eigenvalue weighted by atomic mass is 16.4. The average molecular weight is 622 g/mol. The number of nitrogens with one attached hydrogen (secondary N) is 1. The highest BCUT2D eigenvalue weighted by molar-refractivity contribution is 6.00. The normalized spacial score (nSPS) is 45.1. The van der Waals surface area contributed by atoms with Crippen LogP contribution in [0.1, 0.15) is 126 Å². The number of fused-ring (bicyclic) bond motifs is 7. The van der Waals surface area contributed by atoms with Crippen LogP contribution in [0, 0.1) is 74.9 Å². The third kappa shape index (κ3) is 4.83. The van der Waals surface area contributed by atoms with Crippen LogP contribution in [-0.2, 0) is 19.2 Å². The van der Waals surface area contributed by atoms with Crippen LogP contribution < -0.4 is 5.32 Å². The van der Waals surface area contributed by atoms with Crippen LogP contribution >= 0.6 is 0 Å². The SMILES string of the molecule is CC(C)C1=C2C3CCC4C(C)(CCC5C(C)(C)C(CC(=O)C6CC(C(=O)O)C6C)CCC54C)C3CCC2(CCNC=O)CC1=O. The first-order chi connectivity index (χ1) is 21.1. The van der Waals surface area contributed by atoms with Gasteiger partial charge in [-0.15, -0.1) is 0 Å². The second kappa shape index (κ2) is 11.3. The van der Waals surface area contributed by atoms with Crippen molar-refractivity contribution in [3.8, 4) is 0 Å². The van der Waals surface area contributed by atoms with Crippen LogP contribution in [0.3, 0.4) is 0 Å². The van der Waals surface area contributed by atoms with E-state index in [-0.39, 0.29) is 45.3 Å². The molecule has 0 aromatic carbocycles. The van der Waals surface area contributed by atoms with E-state index < -0.39 is 5.97 Å². The molecule has 0 aromatic heterocycles. The molecule has 0 bridgehead atoms. The topological polar surface area (TPSA) is 101 Å². The maximum atomic E-state index is 13.6. The van der Waals surface area contributed by atoms with Gasteiger partial charge in [-0.05, 0) is 127 Å². The summed E-state index contributed by atoms with van der Waals surface area (Å²) in [6.45, 7) is 17.1. The zero-order valence-electron chi connectivity index (χ0n) is 29.0. The number of hydrogen-bond donors (Lipinski definition) is 2. The van der Waals surface area contributed by atoms with Crippen LogP contribution in [0.25, 0.3) is 0 Å². The third-order valence-electron chi connectivity index (χ3n) is 15.8. The van der Waals surface area contributed by atoms with E-state index in [2.05, 4.69) is 46.9 Å². The molecule has 5 fully saturated rings. The molecule has 6 aliphatic rings. The smallest absolute Gasteiger partial charge is 0.306 e. The second-order valence-corrected chi connectivity index (χ2v) is 18.0. The summed E-state index contributed by atoms with van der Waals surface area (Å²) in [5.74, 6) is 2.31. The lowest BCUT2D eigenvalue weighted by Crippen LogP contribution is -2.62. The monoisotopic (exact) mass is 621 g/mol. The van der Waals surface area contributed by atoms with Gasteiger partial charge in [0.05, 0.1) is 5.92 Å². The Labute approximate surface area is 271 Å². The Balaban J connectivity index is 1.23. The molecule has 6 heteroatoms. The maximum absolute atomic E-state index is 13.6. The van der Waals surface area contributed by atoms with Gasteiger partial charge >= 0.3 is 5.97 Å². The molecule has 0 aromatic rings. The fourth-order valence-electron chi connectivity index (χ4n) is 13.5. The molecule has 6 aliphatic carbocycles. The van der Waals surface area contributed by atoms with Crippen LogP contribution in [0.2, 0.25) is 0 Å². The molecule has 5 saturated carbocycles. The molecule has 2 N–H and O–H groups in total. The Morgan fingerprint density at radius 3 is 2.31 bits per heavy atom. The number of carbonyl (C=O) groups excluding carboxylic acids is 3. The summed E-state index contributed by atoms with van der Waals surface area (Å²) in [6.07, 6.45) is 12.7. The minimum Gasteiger partial charge on any atom is -0.481 e. The second-order valence-electron chi connectivity index (χ2n) is 18.0. The number of amides is 1. The first-order valence-corrected chi connectivity index (χ1v) is 18.3. The molecule has 0 radical (unpaired) electrons. The minimum absolute atomic E-state index is 0.0467. The number of hydrogen-bond acceptors (Lipinski definition) is 4. The summed E-state index contributed by atoms with van der Waals surface area (Å²) >= 11 is 0. The van der Waals surface area contributed by atoms with E-state index in [1.54, 1.807) is 0 Å². The summed E-state index contributed by atoms with van der Waals surface area (Å²) in [7, 11) is 0. The molecule has 250 valence electrons. The number of Topliss-reactive ketones (excluding diaryl/α,β-unsaturated/α-hetero) is 2. The van der Waals surface area contributed by atoms with Crippen LogP contribution in [0.15, 0.2) is 11.1 Å². The van der Waals surface area contributed by atoms with Crippen molar-refractivity contribution >= 4 is 23.9 Å². The molecule has 0 spiro atoms. The van der Waals surface area contributed by atoms with Crippen molar-refractivity contribution in [1.29, 1.82) is 0 Å². The van der Waals surface area contributed by atoms with E-state index in [4.69, 9.17) is 0 Å². The van der Waals surface area contributed by atoms with Crippen molar-refractivity contribution in [2.45, 2.75) is 126 Å². The van der Waals surface area contributed by atoms with E-state index in [9.17, 15) is 24.3 Å². The lowest BCUT2D eigenvalue weighted by Gasteiger charge is -2.69. The van der Waals surface area contributed by atoms with Gasteiger partial charge in [0.15, 0.2) is 5.78 Å². The van der Waals surface area contributed by atoms with Gasteiger partial charge in [-0.1, -0.05) is 54.0 Å². The summed E-state index contributed by atoms with van der Waals surface area (Å²) < 4.78 is 0. The average Bonchev–Trinajstić information content (AvgIpc) is 3.25. The van der Waals surface area contributed by atoms with Crippen molar-refractivity contribution in [3.05, 3.63) is 11.1 Å². The van der Waals surface area contributed by atoms with Crippen LogP contribution in [0.4, 0.5) is 0 Å². The quantitative estimate of drug-likeness (QED) is 0.204. The molecule has 45 heavy (non-hydrogen) atoms. The van der Waals surface area contributed by atoms with Gasteiger partial charge in [0.2, 0.25) is 6.41 Å². The highest BCUT2D eigenvalue weighted by Gasteiger charge is 2.66. The first kappa shape index (κ1) is 32.9. The molecule has 0 aliphatic heterocycles. The fraction of sp³-hybridized carbons (Fsp3) is 0.846. The summed E-state index contributed by atoms with van der Waals surface area (Å²) in [6, 6.07) is 0. The van der Waals surface area contributed by atoms with Crippen molar-refractivity contribution in [2.24, 2.45) is 74.9 Å². The van der Waals surface area contributed by atoms with Gasteiger partial charge in [-0.3, -0.25) is 19.2 Å². The molecule has 11 unspecified atom stereocenters. The Morgan fingerprint density at radius 1 is 0.956 bits per heavy atom. The number of rotatable bonds is 9. The zero-order valence-corrected chi connectivity index (χ0v) is 29.0. The summed E-state index contributed by atoms with van der Waals surface area (Å²) in [4.78, 5) is 49.7. The van der Waals surface area contributed by atoms with Gasteiger partial charge < -0.3 is 10.4 Å². The van der Waals surface area contributed by atoms with Crippen LogP contribution in [-0.4, -0.2) is 35.6 Å². The van der Waals surface area contributed by atoms with E-state index in [1.165, 1.54) is 44.1 Å². The van der Waals surface area contributed by atoms with Gasteiger partial charge in [0.25, 0.3) is 0 Å². The Hall–Kier alpha value is -1.98. The predicted molar refractivity (Wildman–Crippen MR) is 175 cm³/mol. The number of aliphatic carboxylic acids is 1. The minimum atomic E-state index is -0.755. The molecule has 11 atom stereocenters. The molecular weight excluding hydrogens is 562 g/mol. The number of allylic oxidation sites excluding steroid dienone is 2. The van der Waals surface area contributed by atoms with E-state index >= 15 is 0 Å². The predicted octanol–water partition coefficient (Wildman–Crippen LogP) is 7.65. The van der Waals surface area contributed by atoms with Gasteiger partial charge in [-0.25, -0.2) is 0 Å². The number of carbonyl (C=O) groups is 4. The Morgan fingerprint density at radius 2 is 1.67 bits per heavy atom. The fourth-order valence-corrected chi connectivity index (χ4v) is 13.5. The molecule has 0 heterocycles. The van der Waals surface area contributed by atoms with E-state index in [0.717, 1.165) is 31.2 Å². The van der Waals surface area contributed by atoms with Crippen molar-refractivity contribution in [1.82, 2.24) is 5.32 Å².